The van der Waals surface area contributed by atoms with Crippen LogP contribution in [0.2, 0.25) is 0 Å². The summed E-state index contributed by atoms with van der Waals surface area (Å²) < 4.78 is 0. The van der Waals surface area contributed by atoms with E-state index in [9.17, 15) is 0 Å². The van der Waals surface area contributed by atoms with Gasteiger partial charge in [0.25, 0.3) is 0 Å². The Balaban J connectivity index is 1.40. The van der Waals surface area contributed by atoms with Crippen LogP contribution >= 0.6 is 0 Å². The van der Waals surface area contributed by atoms with Gasteiger partial charge in [0.05, 0.1) is 0 Å². The van der Waals surface area contributed by atoms with Crippen molar-refractivity contribution in [3.8, 4) is 0 Å². The van der Waals surface area contributed by atoms with Crippen LogP contribution in [0.1, 0.15) is 77.0 Å². The third kappa shape index (κ3) is 3.32. The van der Waals surface area contributed by atoms with Crippen LogP contribution in [0, 0.1) is 11.3 Å². The molecule has 1 N–H and O–H groups in total. The third-order valence-electron chi connectivity index (χ3n) is 6.92. The second kappa shape index (κ2) is 6.20. The summed E-state index contributed by atoms with van der Waals surface area (Å²) in [4.78, 5) is 2.93. The van der Waals surface area contributed by atoms with Gasteiger partial charge in [-0.05, 0) is 62.8 Å². The summed E-state index contributed by atoms with van der Waals surface area (Å²) in [6.07, 6.45) is 17.8. The molecule has 4 fully saturated rings. The highest BCUT2D eigenvalue weighted by molar-refractivity contribution is 4.96. The fourth-order valence-corrected chi connectivity index (χ4v) is 5.47. The predicted octanol–water partition coefficient (Wildman–Crippen LogP) is 3.95. The zero-order valence-electron chi connectivity index (χ0n) is 13.8. The Bertz CT molecular complexity index is 343. The number of nitrogens with zero attached hydrogens (tertiary/aromatic N) is 1. The Hall–Kier alpha value is -0.0800. The lowest BCUT2D eigenvalue weighted by atomic mass is 9.73. The van der Waals surface area contributed by atoms with Crippen LogP contribution < -0.4 is 5.32 Å². The van der Waals surface area contributed by atoms with E-state index in [1.165, 1.54) is 96.7 Å². The maximum Gasteiger partial charge on any atom is 0.0124 e. The summed E-state index contributed by atoms with van der Waals surface area (Å²) in [7, 11) is 0. The molecule has 4 aliphatic rings. The molecule has 21 heavy (non-hydrogen) atoms. The van der Waals surface area contributed by atoms with Crippen molar-refractivity contribution in [2.75, 3.05) is 19.6 Å². The van der Waals surface area contributed by atoms with E-state index in [1.807, 2.05) is 0 Å². The number of rotatable bonds is 5. The van der Waals surface area contributed by atoms with E-state index in [4.69, 9.17) is 0 Å². The van der Waals surface area contributed by atoms with Crippen molar-refractivity contribution in [2.45, 2.75) is 89.1 Å². The normalized spacial score (nSPS) is 36.6. The molecule has 120 valence electrons. The number of fused-ring (bicyclic) bond motifs is 1. The molecule has 2 nitrogen and oxygen atoms in total. The van der Waals surface area contributed by atoms with Crippen LogP contribution in [0.3, 0.4) is 0 Å². The van der Waals surface area contributed by atoms with E-state index >= 15 is 0 Å². The van der Waals surface area contributed by atoms with Crippen molar-refractivity contribution in [1.82, 2.24) is 10.2 Å². The molecule has 2 unspecified atom stereocenters. The lowest BCUT2D eigenvalue weighted by Gasteiger charge is -2.43. The average Bonchev–Trinajstić information content (AvgIpc) is 3.28. The van der Waals surface area contributed by atoms with Gasteiger partial charge in [0.1, 0.15) is 0 Å². The lowest BCUT2D eigenvalue weighted by Crippen LogP contribution is -2.48. The van der Waals surface area contributed by atoms with Gasteiger partial charge < -0.3 is 5.32 Å². The van der Waals surface area contributed by atoms with Crippen molar-refractivity contribution in [3.63, 3.8) is 0 Å². The van der Waals surface area contributed by atoms with Crippen molar-refractivity contribution < 1.29 is 0 Å². The second-order valence-corrected chi connectivity index (χ2v) is 8.59. The monoisotopic (exact) mass is 290 g/mol. The zero-order valence-corrected chi connectivity index (χ0v) is 13.8. The Morgan fingerprint density at radius 1 is 0.857 bits per heavy atom. The molecule has 1 heterocycles. The standard InChI is InChI=1S/C19H34N2/c1-4-11-19(12-5-1,14-20-17-8-9-17)15-21-13-10-16-6-2-3-7-18(16)21/h16-18,20H,1-15H2. The highest BCUT2D eigenvalue weighted by atomic mass is 15.2. The zero-order chi connectivity index (χ0) is 14.1. The maximum absolute atomic E-state index is 3.89. The minimum absolute atomic E-state index is 0.618. The molecular weight excluding hydrogens is 256 g/mol. The fraction of sp³-hybridized carbons (Fsp3) is 1.00. The van der Waals surface area contributed by atoms with Gasteiger partial charge in [0, 0.05) is 25.2 Å². The summed E-state index contributed by atoms with van der Waals surface area (Å²) in [5, 5.41) is 3.89. The number of likely N-dealkylation sites (tertiary alicyclic amines) is 1. The van der Waals surface area contributed by atoms with Gasteiger partial charge in [0.15, 0.2) is 0 Å². The first-order valence-electron chi connectivity index (χ1n) is 9.82. The number of hydrogen-bond donors (Lipinski definition) is 1. The van der Waals surface area contributed by atoms with E-state index < -0.39 is 0 Å². The summed E-state index contributed by atoms with van der Waals surface area (Å²) >= 11 is 0. The van der Waals surface area contributed by atoms with Crippen LogP contribution in [-0.2, 0) is 0 Å². The average molecular weight is 290 g/mol. The molecule has 0 aromatic carbocycles. The largest absolute Gasteiger partial charge is 0.313 e. The first-order valence-corrected chi connectivity index (χ1v) is 9.82. The topological polar surface area (TPSA) is 15.3 Å². The Kier molecular flexibility index (Phi) is 4.28. The van der Waals surface area contributed by atoms with Crippen molar-refractivity contribution >= 4 is 0 Å². The van der Waals surface area contributed by atoms with Gasteiger partial charge in [-0.2, -0.15) is 0 Å². The van der Waals surface area contributed by atoms with Crippen LogP contribution in [0.15, 0.2) is 0 Å². The van der Waals surface area contributed by atoms with Crippen LogP contribution in [0.25, 0.3) is 0 Å². The Morgan fingerprint density at radius 3 is 2.48 bits per heavy atom. The van der Waals surface area contributed by atoms with Gasteiger partial charge in [-0.15, -0.1) is 0 Å². The molecule has 0 aromatic rings. The molecule has 0 aromatic heterocycles. The van der Waals surface area contributed by atoms with Crippen molar-refractivity contribution in [3.05, 3.63) is 0 Å². The van der Waals surface area contributed by atoms with E-state index in [0.717, 1.165) is 18.0 Å². The summed E-state index contributed by atoms with van der Waals surface area (Å²) in [5.74, 6) is 1.05. The van der Waals surface area contributed by atoms with Gasteiger partial charge in [-0.1, -0.05) is 32.1 Å². The predicted molar refractivity (Wildman–Crippen MR) is 88.5 cm³/mol. The second-order valence-electron chi connectivity index (χ2n) is 8.59. The molecule has 0 bridgehead atoms. The lowest BCUT2D eigenvalue weighted by molar-refractivity contribution is 0.0774. The first kappa shape index (κ1) is 14.5. The Labute approximate surface area is 131 Å². The van der Waals surface area contributed by atoms with Crippen molar-refractivity contribution in [2.24, 2.45) is 11.3 Å². The highest BCUT2D eigenvalue weighted by Gasteiger charge is 2.41. The molecule has 3 saturated carbocycles. The minimum Gasteiger partial charge on any atom is -0.313 e. The van der Waals surface area contributed by atoms with Gasteiger partial charge in [-0.25, -0.2) is 0 Å². The quantitative estimate of drug-likeness (QED) is 0.824. The molecule has 1 saturated heterocycles. The summed E-state index contributed by atoms with van der Waals surface area (Å²) in [5.41, 5.74) is 0.618. The molecule has 4 rings (SSSR count). The van der Waals surface area contributed by atoms with Crippen LogP contribution in [0.4, 0.5) is 0 Å². The molecule has 2 atom stereocenters. The fourth-order valence-electron chi connectivity index (χ4n) is 5.47. The number of hydrogen-bond acceptors (Lipinski definition) is 2. The maximum atomic E-state index is 3.89. The van der Waals surface area contributed by atoms with Gasteiger partial charge in [0.2, 0.25) is 0 Å². The highest BCUT2D eigenvalue weighted by Crippen LogP contribution is 2.42. The van der Waals surface area contributed by atoms with E-state index in [2.05, 4.69) is 10.2 Å². The van der Waals surface area contributed by atoms with Gasteiger partial charge >= 0.3 is 0 Å². The summed E-state index contributed by atoms with van der Waals surface area (Å²) in [6, 6.07) is 1.84. The molecule has 0 amide bonds. The molecule has 3 aliphatic carbocycles. The van der Waals surface area contributed by atoms with Crippen LogP contribution in [0.5, 0.6) is 0 Å². The molecule has 1 aliphatic heterocycles. The first-order chi connectivity index (χ1) is 10.3. The van der Waals surface area contributed by atoms with E-state index in [0.29, 0.717) is 5.41 Å². The smallest absolute Gasteiger partial charge is 0.0124 e. The third-order valence-corrected chi connectivity index (χ3v) is 6.92. The minimum atomic E-state index is 0.618. The Morgan fingerprint density at radius 2 is 1.67 bits per heavy atom. The SMILES string of the molecule is C1CCC(CNC2CC2)(CN2CCC3CCCCC32)CC1. The van der Waals surface area contributed by atoms with E-state index in [1.54, 1.807) is 0 Å². The van der Waals surface area contributed by atoms with Gasteiger partial charge in [-0.3, -0.25) is 4.90 Å². The van der Waals surface area contributed by atoms with E-state index in [-0.39, 0.29) is 0 Å². The molecule has 0 spiro atoms. The molecule has 0 radical (unpaired) electrons. The van der Waals surface area contributed by atoms with Crippen LogP contribution in [-0.4, -0.2) is 36.6 Å². The van der Waals surface area contributed by atoms with Crippen molar-refractivity contribution in [1.29, 1.82) is 0 Å². The number of nitrogens with one attached hydrogen (secondary N) is 1. The molecular formula is C19H34N2. The molecule has 2 heteroatoms. The summed E-state index contributed by atoms with van der Waals surface area (Å²) in [6.45, 7) is 4.12.